The molecule has 1 heterocycles. The highest BCUT2D eigenvalue weighted by Gasteiger charge is 2.04. The molecule has 1 N–H and O–H groups in total. The van der Waals surface area contributed by atoms with Crippen molar-refractivity contribution in [3.8, 4) is 0 Å². The smallest absolute Gasteiger partial charge is 0.229 e. The van der Waals surface area contributed by atoms with Gasteiger partial charge in [0, 0.05) is 10.4 Å². The third-order valence-electron chi connectivity index (χ3n) is 2.07. The summed E-state index contributed by atoms with van der Waals surface area (Å²) in [6.45, 7) is 2.02. The molecule has 2 aromatic rings. The number of rotatable bonds is 2. The number of hydrogen-bond acceptors (Lipinski definition) is 3. The average molecular weight is 241 g/mol. The molecule has 1 aromatic carbocycles. The molecule has 0 saturated heterocycles. The zero-order valence-electron chi connectivity index (χ0n) is 8.44. The Balaban J connectivity index is 2.51. The van der Waals surface area contributed by atoms with Gasteiger partial charge in [0.25, 0.3) is 0 Å². The van der Waals surface area contributed by atoms with Gasteiger partial charge in [0.1, 0.15) is 0 Å². The van der Waals surface area contributed by atoms with Crippen molar-refractivity contribution in [2.45, 2.75) is 6.92 Å². The van der Waals surface area contributed by atoms with Crippen molar-refractivity contribution < 1.29 is 8.42 Å². The Labute approximate surface area is 92.8 Å². The second kappa shape index (κ2) is 3.50. The second-order valence-corrected chi connectivity index (χ2v) is 6.16. The van der Waals surface area contributed by atoms with Crippen LogP contribution in [0, 0.1) is 6.92 Å². The van der Waals surface area contributed by atoms with Crippen molar-refractivity contribution in [2.24, 2.45) is 0 Å². The van der Waals surface area contributed by atoms with Crippen LogP contribution in [0.25, 0.3) is 10.1 Å². The Morgan fingerprint density at radius 3 is 2.73 bits per heavy atom. The van der Waals surface area contributed by atoms with Gasteiger partial charge in [0.05, 0.1) is 6.26 Å². The Bertz CT molecular complexity index is 599. The fourth-order valence-corrected chi connectivity index (χ4v) is 2.91. The summed E-state index contributed by atoms with van der Waals surface area (Å²) in [7, 11) is -3.19. The van der Waals surface area contributed by atoms with Gasteiger partial charge in [-0.3, -0.25) is 4.72 Å². The normalized spacial score (nSPS) is 11.9. The monoisotopic (exact) mass is 241 g/mol. The fourth-order valence-electron chi connectivity index (χ4n) is 1.43. The molecule has 0 unspecified atom stereocenters. The number of sulfonamides is 1. The summed E-state index contributed by atoms with van der Waals surface area (Å²) in [5.41, 5.74) is 1.79. The molecule has 0 atom stereocenters. The number of benzene rings is 1. The van der Waals surface area contributed by atoms with E-state index in [0.29, 0.717) is 5.69 Å². The van der Waals surface area contributed by atoms with E-state index in [1.54, 1.807) is 17.4 Å². The average Bonchev–Trinajstić information content (AvgIpc) is 2.45. The number of fused-ring (bicyclic) bond motifs is 1. The van der Waals surface area contributed by atoms with Gasteiger partial charge in [-0.2, -0.15) is 0 Å². The van der Waals surface area contributed by atoms with E-state index in [4.69, 9.17) is 0 Å². The molecule has 0 radical (unpaired) electrons. The Morgan fingerprint density at radius 2 is 2.07 bits per heavy atom. The molecule has 0 fully saturated rings. The minimum atomic E-state index is -3.19. The first-order valence-electron chi connectivity index (χ1n) is 4.41. The molecule has 15 heavy (non-hydrogen) atoms. The molecule has 1 aromatic heterocycles. The quantitative estimate of drug-likeness (QED) is 0.878. The van der Waals surface area contributed by atoms with Crippen LogP contribution >= 0.6 is 11.3 Å². The van der Waals surface area contributed by atoms with Gasteiger partial charge in [-0.25, -0.2) is 8.42 Å². The lowest BCUT2D eigenvalue weighted by atomic mass is 10.2. The van der Waals surface area contributed by atoms with Crippen LogP contribution in [0.4, 0.5) is 5.69 Å². The number of thiophene rings is 1. The summed E-state index contributed by atoms with van der Waals surface area (Å²) < 4.78 is 25.7. The first-order chi connectivity index (χ1) is 6.96. The number of aryl methyl sites for hydroxylation is 1. The van der Waals surface area contributed by atoms with Gasteiger partial charge in [-0.15, -0.1) is 11.3 Å². The highest BCUT2D eigenvalue weighted by Crippen LogP contribution is 2.28. The molecule has 5 heteroatoms. The number of anilines is 1. The van der Waals surface area contributed by atoms with Crippen LogP contribution in [0.3, 0.4) is 0 Å². The molecular formula is C10H11NO2S2. The van der Waals surface area contributed by atoms with Gasteiger partial charge >= 0.3 is 0 Å². The van der Waals surface area contributed by atoms with Crippen molar-refractivity contribution in [1.29, 1.82) is 0 Å². The standard InChI is InChI=1S/C10H11NO2S2/c1-7-6-14-10-4-3-8(5-9(7)10)11-15(2,12)13/h3-6,11H,1-2H3. The van der Waals surface area contributed by atoms with E-state index < -0.39 is 10.0 Å². The molecular weight excluding hydrogens is 230 g/mol. The highest BCUT2D eigenvalue weighted by molar-refractivity contribution is 7.92. The molecule has 3 nitrogen and oxygen atoms in total. The topological polar surface area (TPSA) is 46.2 Å². The SMILES string of the molecule is Cc1csc2ccc(NS(C)(=O)=O)cc12. The third-order valence-corrected chi connectivity index (χ3v) is 3.76. The Morgan fingerprint density at radius 1 is 1.33 bits per heavy atom. The molecule has 2 rings (SSSR count). The first kappa shape index (κ1) is 10.4. The summed E-state index contributed by atoms with van der Waals surface area (Å²) in [6, 6.07) is 5.57. The number of hydrogen-bond donors (Lipinski definition) is 1. The van der Waals surface area contributed by atoms with E-state index in [1.807, 2.05) is 19.1 Å². The summed E-state index contributed by atoms with van der Waals surface area (Å²) in [4.78, 5) is 0. The molecule has 0 saturated carbocycles. The van der Waals surface area contributed by atoms with Gasteiger partial charge in [-0.05, 0) is 41.5 Å². The zero-order valence-corrected chi connectivity index (χ0v) is 10.1. The van der Waals surface area contributed by atoms with Crippen LogP contribution in [-0.2, 0) is 10.0 Å². The van der Waals surface area contributed by atoms with Gasteiger partial charge < -0.3 is 0 Å². The van der Waals surface area contributed by atoms with Crippen molar-refractivity contribution in [2.75, 3.05) is 11.0 Å². The summed E-state index contributed by atoms with van der Waals surface area (Å²) in [5, 5.41) is 3.17. The van der Waals surface area contributed by atoms with E-state index in [1.165, 1.54) is 10.3 Å². The van der Waals surface area contributed by atoms with Crippen LogP contribution in [0.5, 0.6) is 0 Å². The largest absolute Gasteiger partial charge is 0.284 e. The van der Waals surface area contributed by atoms with Crippen LogP contribution in [0.15, 0.2) is 23.6 Å². The van der Waals surface area contributed by atoms with E-state index in [-0.39, 0.29) is 0 Å². The summed E-state index contributed by atoms with van der Waals surface area (Å²) in [6.07, 6.45) is 1.15. The molecule has 0 aliphatic heterocycles. The maximum atomic E-state index is 11.1. The van der Waals surface area contributed by atoms with Gasteiger partial charge in [0.2, 0.25) is 10.0 Å². The predicted octanol–water partition coefficient (Wildman–Crippen LogP) is 2.58. The van der Waals surface area contributed by atoms with Gasteiger partial charge in [0.15, 0.2) is 0 Å². The molecule has 0 spiro atoms. The lowest BCUT2D eigenvalue weighted by Gasteiger charge is -2.03. The van der Waals surface area contributed by atoms with Crippen LogP contribution in [-0.4, -0.2) is 14.7 Å². The molecule has 80 valence electrons. The Kier molecular flexibility index (Phi) is 2.44. The summed E-state index contributed by atoms with van der Waals surface area (Å²) in [5.74, 6) is 0. The minimum Gasteiger partial charge on any atom is -0.284 e. The van der Waals surface area contributed by atoms with Crippen molar-refractivity contribution >= 4 is 37.1 Å². The number of nitrogens with one attached hydrogen (secondary N) is 1. The first-order valence-corrected chi connectivity index (χ1v) is 7.18. The maximum Gasteiger partial charge on any atom is 0.229 e. The van der Waals surface area contributed by atoms with Crippen LogP contribution < -0.4 is 4.72 Å². The predicted molar refractivity (Wildman–Crippen MR) is 65.0 cm³/mol. The van der Waals surface area contributed by atoms with Crippen LogP contribution in [0.1, 0.15) is 5.56 Å². The molecule has 0 aliphatic rings. The third kappa shape index (κ3) is 2.30. The lowest BCUT2D eigenvalue weighted by Crippen LogP contribution is -2.09. The maximum absolute atomic E-state index is 11.1. The lowest BCUT2D eigenvalue weighted by molar-refractivity contribution is 0.607. The van der Waals surface area contributed by atoms with Crippen LogP contribution in [0.2, 0.25) is 0 Å². The second-order valence-electron chi connectivity index (χ2n) is 3.50. The van der Waals surface area contributed by atoms with E-state index in [9.17, 15) is 8.42 Å². The molecule has 0 aliphatic carbocycles. The molecule has 0 amide bonds. The summed E-state index contributed by atoms with van der Waals surface area (Å²) >= 11 is 1.66. The van der Waals surface area contributed by atoms with Gasteiger partial charge in [-0.1, -0.05) is 0 Å². The Hall–Kier alpha value is -1.07. The van der Waals surface area contributed by atoms with Crippen molar-refractivity contribution in [1.82, 2.24) is 0 Å². The molecule has 0 bridgehead atoms. The van der Waals surface area contributed by atoms with E-state index in [0.717, 1.165) is 11.6 Å². The van der Waals surface area contributed by atoms with E-state index >= 15 is 0 Å². The van der Waals surface area contributed by atoms with Crippen molar-refractivity contribution in [3.05, 3.63) is 29.1 Å². The zero-order chi connectivity index (χ0) is 11.1. The fraction of sp³-hybridized carbons (Fsp3) is 0.200. The highest BCUT2D eigenvalue weighted by atomic mass is 32.2. The minimum absolute atomic E-state index is 0.617. The van der Waals surface area contributed by atoms with E-state index in [2.05, 4.69) is 10.1 Å². The van der Waals surface area contributed by atoms with Crippen molar-refractivity contribution in [3.63, 3.8) is 0 Å².